The van der Waals surface area contributed by atoms with Crippen LogP contribution in [0, 0.1) is 0 Å². The van der Waals surface area contributed by atoms with E-state index in [1.165, 1.54) is 30.6 Å². The van der Waals surface area contributed by atoms with Crippen molar-refractivity contribution < 1.29 is 4.79 Å². The summed E-state index contributed by atoms with van der Waals surface area (Å²) in [6.07, 6.45) is 6.16. The van der Waals surface area contributed by atoms with Crippen LogP contribution < -0.4 is 0 Å². The molecule has 0 unspecified atom stereocenters. The monoisotopic (exact) mass is 286 g/mol. The number of carbonyl (C=O) groups is 1. The molecule has 0 aliphatic rings. The minimum absolute atomic E-state index is 0.175. The lowest BCUT2D eigenvalue weighted by atomic mass is 10.0. The van der Waals surface area contributed by atoms with Crippen LogP contribution in [0.1, 0.15) is 54.1 Å². The number of hydrogen-bond donors (Lipinski definition) is 0. The smallest absolute Gasteiger partial charge is 0.170 e. The summed E-state index contributed by atoms with van der Waals surface area (Å²) in [5, 5.41) is 0. The molecule has 0 amide bonds. The molecule has 0 spiro atoms. The first-order valence-corrected chi connectivity index (χ1v) is 8.23. The largest absolute Gasteiger partial charge is 0.294 e. The van der Waals surface area contributed by atoms with Crippen LogP contribution in [0.25, 0.3) is 11.1 Å². The lowest BCUT2D eigenvalue weighted by molar-refractivity contribution is 0.102. The maximum atomic E-state index is 11.8. The molecule has 1 nitrogen and oxygen atoms in total. The number of carbonyl (C=O) groups excluding carboxylic acids is 1. The summed E-state index contributed by atoms with van der Waals surface area (Å²) in [7, 11) is 0. The molecule has 2 heteroatoms. The molecule has 0 fully saturated rings. The van der Waals surface area contributed by atoms with Crippen molar-refractivity contribution in [2.45, 2.75) is 46.0 Å². The van der Waals surface area contributed by atoms with Gasteiger partial charge in [-0.3, -0.25) is 4.79 Å². The highest BCUT2D eigenvalue weighted by Gasteiger charge is 2.14. The van der Waals surface area contributed by atoms with Crippen LogP contribution in [-0.4, -0.2) is 5.78 Å². The van der Waals surface area contributed by atoms with E-state index in [4.69, 9.17) is 0 Å². The Bertz CT molecular complexity index is 554. The van der Waals surface area contributed by atoms with E-state index in [1.807, 2.05) is 18.2 Å². The minimum atomic E-state index is 0.175. The standard InChI is InChI=1S/C18H22OS/c1-3-4-5-9-12-16-13-17(18(20-16)14(2)19)15-10-7-6-8-11-15/h6-8,10-11,13H,3-5,9,12H2,1-2H3. The van der Waals surface area contributed by atoms with E-state index in [-0.39, 0.29) is 5.78 Å². The molecule has 1 aromatic carbocycles. The van der Waals surface area contributed by atoms with E-state index in [9.17, 15) is 4.79 Å². The topological polar surface area (TPSA) is 17.1 Å². The van der Waals surface area contributed by atoms with Gasteiger partial charge < -0.3 is 0 Å². The molecule has 106 valence electrons. The molecular formula is C18H22OS. The highest BCUT2D eigenvalue weighted by molar-refractivity contribution is 7.14. The second-order valence-electron chi connectivity index (χ2n) is 5.19. The SMILES string of the molecule is CCCCCCc1cc(-c2ccccc2)c(C(C)=O)s1. The molecule has 1 aromatic heterocycles. The summed E-state index contributed by atoms with van der Waals surface area (Å²) in [5.74, 6) is 0.175. The number of benzene rings is 1. The van der Waals surface area contributed by atoms with Gasteiger partial charge in [0.1, 0.15) is 0 Å². The number of rotatable bonds is 7. The van der Waals surface area contributed by atoms with Crippen molar-refractivity contribution in [1.29, 1.82) is 0 Å². The van der Waals surface area contributed by atoms with E-state index in [2.05, 4.69) is 25.1 Å². The van der Waals surface area contributed by atoms with Crippen LogP contribution in [0.3, 0.4) is 0 Å². The number of hydrogen-bond acceptors (Lipinski definition) is 2. The fourth-order valence-corrected chi connectivity index (χ4v) is 3.50. The van der Waals surface area contributed by atoms with Crippen molar-refractivity contribution >= 4 is 17.1 Å². The fourth-order valence-electron chi connectivity index (χ4n) is 2.38. The summed E-state index contributed by atoms with van der Waals surface area (Å²) in [5.41, 5.74) is 2.25. The summed E-state index contributed by atoms with van der Waals surface area (Å²) < 4.78 is 0. The van der Waals surface area contributed by atoms with Gasteiger partial charge in [-0.05, 0) is 31.4 Å². The van der Waals surface area contributed by atoms with E-state index in [0.29, 0.717) is 0 Å². The van der Waals surface area contributed by atoms with Gasteiger partial charge in [-0.1, -0.05) is 56.5 Å². The van der Waals surface area contributed by atoms with Crippen molar-refractivity contribution in [2.75, 3.05) is 0 Å². The summed E-state index contributed by atoms with van der Waals surface area (Å²) in [6.45, 7) is 3.89. The van der Waals surface area contributed by atoms with Gasteiger partial charge in [-0.2, -0.15) is 0 Å². The Balaban J connectivity index is 2.19. The highest BCUT2D eigenvalue weighted by atomic mass is 32.1. The fraction of sp³-hybridized carbons (Fsp3) is 0.389. The summed E-state index contributed by atoms with van der Waals surface area (Å²) in [4.78, 5) is 14.1. The molecule has 0 aliphatic heterocycles. The van der Waals surface area contributed by atoms with Gasteiger partial charge in [0.2, 0.25) is 0 Å². The molecule has 0 N–H and O–H groups in total. The van der Waals surface area contributed by atoms with Crippen LogP contribution in [0.15, 0.2) is 36.4 Å². The molecule has 1 heterocycles. The van der Waals surface area contributed by atoms with Gasteiger partial charge in [0.25, 0.3) is 0 Å². The van der Waals surface area contributed by atoms with Gasteiger partial charge in [-0.25, -0.2) is 0 Å². The third kappa shape index (κ3) is 3.80. The third-order valence-corrected chi connectivity index (χ3v) is 4.76. The molecule has 0 aliphatic carbocycles. The Hall–Kier alpha value is -1.41. The first-order valence-electron chi connectivity index (χ1n) is 7.41. The van der Waals surface area contributed by atoms with Crippen LogP contribution in [0.5, 0.6) is 0 Å². The van der Waals surface area contributed by atoms with Crippen LogP contribution in [0.2, 0.25) is 0 Å². The molecule has 2 rings (SSSR count). The van der Waals surface area contributed by atoms with Crippen molar-refractivity contribution in [3.63, 3.8) is 0 Å². The minimum Gasteiger partial charge on any atom is -0.294 e. The molecule has 0 atom stereocenters. The number of ketones is 1. The Morgan fingerprint density at radius 1 is 1.10 bits per heavy atom. The third-order valence-electron chi connectivity index (χ3n) is 3.46. The number of Topliss-reactive ketones (excluding diaryl/α,β-unsaturated/α-hetero) is 1. The Morgan fingerprint density at radius 3 is 2.50 bits per heavy atom. The summed E-state index contributed by atoms with van der Waals surface area (Å²) >= 11 is 1.67. The quantitative estimate of drug-likeness (QED) is 0.468. The second-order valence-corrected chi connectivity index (χ2v) is 6.33. The van der Waals surface area contributed by atoms with Gasteiger partial charge in [0, 0.05) is 10.4 Å². The van der Waals surface area contributed by atoms with Crippen LogP contribution >= 0.6 is 11.3 Å². The molecule has 0 bridgehead atoms. The van der Waals surface area contributed by atoms with Crippen molar-refractivity contribution in [1.82, 2.24) is 0 Å². The van der Waals surface area contributed by atoms with Crippen LogP contribution in [-0.2, 0) is 6.42 Å². The molecule has 0 saturated heterocycles. The maximum absolute atomic E-state index is 11.8. The highest BCUT2D eigenvalue weighted by Crippen LogP contribution is 2.32. The maximum Gasteiger partial charge on any atom is 0.170 e. The normalized spacial score (nSPS) is 10.7. The molecule has 2 aromatic rings. The predicted molar refractivity (Wildman–Crippen MR) is 87.6 cm³/mol. The van der Waals surface area contributed by atoms with Gasteiger partial charge in [0.15, 0.2) is 5.78 Å². The zero-order valence-corrected chi connectivity index (χ0v) is 13.1. The first-order chi connectivity index (χ1) is 9.72. The second kappa shape index (κ2) is 7.39. The van der Waals surface area contributed by atoms with E-state index < -0.39 is 0 Å². The van der Waals surface area contributed by atoms with Crippen molar-refractivity contribution in [3.05, 3.63) is 46.2 Å². The Labute approximate surface area is 125 Å². The predicted octanol–water partition coefficient (Wildman–Crippen LogP) is 5.74. The van der Waals surface area contributed by atoms with E-state index in [0.717, 1.165) is 22.4 Å². The van der Waals surface area contributed by atoms with Crippen molar-refractivity contribution in [3.8, 4) is 11.1 Å². The Morgan fingerprint density at radius 2 is 1.85 bits per heavy atom. The Kier molecular flexibility index (Phi) is 5.54. The zero-order valence-electron chi connectivity index (χ0n) is 12.3. The average molecular weight is 286 g/mol. The lowest BCUT2D eigenvalue weighted by Crippen LogP contribution is -1.89. The molecule has 0 radical (unpaired) electrons. The molecule has 0 saturated carbocycles. The van der Waals surface area contributed by atoms with Gasteiger partial charge in [0.05, 0.1) is 4.88 Å². The zero-order chi connectivity index (χ0) is 14.4. The lowest BCUT2D eigenvalue weighted by Gasteiger charge is -1.99. The van der Waals surface area contributed by atoms with E-state index in [1.54, 1.807) is 18.3 Å². The average Bonchev–Trinajstić information content (AvgIpc) is 2.89. The number of thiophene rings is 1. The summed E-state index contributed by atoms with van der Waals surface area (Å²) in [6, 6.07) is 12.4. The molecule has 20 heavy (non-hydrogen) atoms. The van der Waals surface area contributed by atoms with E-state index >= 15 is 0 Å². The van der Waals surface area contributed by atoms with Crippen molar-refractivity contribution in [2.24, 2.45) is 0 Å². The van der Waals surface area contributed by atoms with Gasteiger partial charge in [-0.15, -0.1) is 11.3 Å². The molecular weight excluding hydrogens is 264 g/mol. The van der Waals surface area contributed by atoms with Gasteiger partial charge >= 0.3 is 0 Å². The first kappa shape index (κ1) is 15.0. The van der Waals surface area contributed by atoms with Crippen LogP contribution in [0.4, 0.5) is 0 Å². The number of unbranched alkanes of at least 4 members (excludes halogenated alkanes) is 3. The number of aryl methyl sites for hydroxylation is 1.